The Hall–Kier alpha value is -0.760. The highest BCUT2D eigenvalue weighted by molar-refractivity contribution is 5.42. The molecule has 2 bridgehead atoms. The molecule has 31 heavy (non-hydrogen) atoms. The SMILES string of the molecule is CC(C)C1=C2[C@H]3CC=C4[C@@H](O)[C@@]5(O)COC6O[C@@H]([C@@H]4[C@@]6(O)[C@H]5O)[C@]3(C)CC[C@@]2(C)CC1. The lowest BCUT2D eigenvalue weighted by atomic mass is 9.51. The van der Waals surface area contributed by atoms with Crippen molar-refractivity contribution in [2.75, 3.05) is 6.61 Å². The summed E-state index contributed by atoms with van der Waals surface area (Å²) in [6.07, 6.45) is 2.97. The molecule has 2 saturated heterocycles. The van der Waals surface area contributed by atoms with E-state index in [2.05, 4.69) is 27.7 Å². The summed E-state index contributed by atoms with van der Waals surface area (Å²) in [4.78, 5) is 0. The molecular weight excluding hydrogens is 396 g/mol. The van der Waals surface area contributed by atoms with E-state index in [1.807, 2.05) is 6.08 Å². The fraction of sp³-hybridized carbons (Fsp3) is 0.840. The maximum absolute atomic E-state index is 11.7. The molecule has 0 aromatic heterocycles. The molecule has 1 unspecified atom stereocenters. The van der Waals surface area contributed by atoms with Gasteiger partial charge in [0.1, 0.15) is 17.8 Å². The molecule has 0 radical (unpaired) electrons. The molecule has 0 aromatic carbocycles. The Morgan fingerprint density at radius 3 is 2.55 bits per heavy atom. The number of hydrogen-bond donors (Lipinski definition) is 4. The van der Waals surface area contributed by atoms with Gasteiger partial charge in [-0.3, -0.25) is 0 Å². The van der Waals surface area contributed by atoms with Gasteiger partial charge in [0.2, 0.25) is 0 Å². The van der Waals surface area contributed by atoms with E-state index in [0.717, 1.165) is 25.7 Å². The minimum Gasteiger partial charge on any atom is -0.387 e. The maximum atomic E-state index is 11.7. The number of fused-ring (bicyclic) bond motifs is 5. The zero-order valence-electron chi connectivity index (χ0n) is 19.0. The van der Waals surface area contributed by atoms with Crippen molar-refractivity contribution in [2.24, 2.45) is 28.6 Å². The fourth-order valence-corrected chi connectivity index (χ4v) is 8.38. The second kappa shape index (κ2) is 6.02. The Kier molecular flexibility index (Phi) is 4.04. The van der Waals surface area contributed by atoms with E-state index < -0.39 is 35.6 Å². The highest BCUT2D eigenvalue weighted by atomic mass is 16.7. The first-order chi connectivity index (χ1) is 14.5. The van der Waals surface area contributed by atoms with Crippen LogP contribution in [0.2, 0.25) is 0 Å². The van der Waals surface area contributed by atoms with Gasteiger partial charge in [-0.25, -0.2) is 0 Å². The third-order valence-corrected chi connectivity index (χ3v) is 10.2. The number of hydrogen-bond acceptors (Lipinski definition) is 6. The molecular formula is C25H36O6. The number of allylic oxidation sites excluding steroid dienone is 3. The van der Waals surface area contributed by atoms with Gasteiger partial charge >= 0.3 is 0 Å². The average molecular weight is 433 g/mol. The van der Waals surface area contributed by atoms with Gasteiger partial charge in [0.25, 0.3) is 0 Å². The predicted molar refractivity (Wildman–Crippen MR) is 113 cm³/mol. The molecule has 6 heteroatoms. The van der Waals surface area contributed by atoms with E-state index in [-0.39, 0.29) is 29.5 Å². The molecule has 2 heterocycles. The van der Waals surface area contributed by atoms with Crippen molar-refractivity contribution in [3.63, 3.8) is 0 Å². The van der Waals surface area contributed by atoms with Crippen molar-refractivity contribution in [1.29, 1.82) is 0 Å². The van der Waals surface area contributed by atoms with Crippen molar-refractivity contribution < 1.29 is 29.9 Å². The minimum absolute atomic E-state index is 0.193. The summed E-state index contributed by atoms with van der Waals surface area (Å²) in [5.74, 6) is 0.146. The molecule has 0 amide bonds. The zero-order chi connectivity index (χ0) is 22.1. The smallest absolute Gasteiger partial charge is 0.190 e. The van der Waals surface area contributed by atoms with E-state index >= 15 is 0 Å². The zero-order valence-corrected chi connectivity index (χ0v) is 19.0. The van der Waals surface area contributed by atoms with Crippen LogP contribution >= 0.6 is 0 Å². The van der Waals surface area contributed by atoms with Crippen LogP contribution in [-0.2, 0) is 9.47 Å². The Balaban J connectivity index is 1.55. The van der Waals surface area contributed by atoms with Gasteiger partial charge in [0.15, 0.2) is 11.9 Å². The second-order valence-corrected chi connectivity index (χ2v) is 12.0. The summed E-state index contributed by atoms with van der Waals surface area (Å²) in [7, 11) is 0. The maximum Gasteiger partial charge on any atom is 0.190 e. The standard InChI is InChI=1S/C25H36O6/c1-12(2)13-7-8-22(3)9-10-23(4)15(16(13)22)6-5-14-17-19(23)31-21-25(17,29)20(27)24(28,11-30-21)18(14)26/h5,12,15,17-21,26-29H,6-11H2,1-4H3/t15-,17-,18-,19+,20+,21?,22-,23-,24+,25-/m1/s1. The minimum atomic E-state index is -1.92. The third-order valence-electron chi connectivity index (χ3n) is 10.2. The molecule has 0 aromatic rings. The Morgan fingerprint density at radius 1 is 1.10 bits per heavy atom. The molecule has 6 aliphatic rings. The van der Waals surface area contributed by atoms with Crippen LogP contribution in [-0.4, -0.2) is 62.8 Å². The average Bonchev–Trinajstić information content (AvgIpc) is 3.20. The van der Waals surface area contributed by atoms with Crippen molar-refractivity contribution in [2.45, 2.75) is 95.6 Å². The Labute approximate surface area is 183 Å². The van der Waals surface area contributed by atoms with Crippen LogP contribution in [0.15, 0.2) is 22.8 Å². The van der Waals surface area contributed by atoms with Crippen LogP contribution in [0.4, 0.5) is 0 Å². The second-order valence-electron chi connectivity index (χ2n) is 12.0. The lowest BCUT2D eigenvalue weighted by molar-refractivity contribution is -0.341. The molecule has 2 saturated carbocycles. The van der Waals surface area contributed by atoms with Gasteiger partial charge in [0.05, 0.1) is 12.7 Å². The highest BCUT2D eigenvalue weighted by Gasteiger charge is 2.77. The summed E-state index contributed by atoms with van der Waals surface area (Å²) in [5.41, 5.74) is -0.00377. The number of aliphatic hydroxyl groups excluding tert-OH is 2. The molecule has 0 spiro atoms. The first-order valence-corrected chi connectivity index (χ1v) is 12.0. The van der Waals surface area contributed by atoms with Gasteiger partial charge in [-0.05, 0) is 54.9 Å². The molecule has 6 rings (SSSR count). The van der Waals surface area contributed by atoms with E-state index in [4.69, 9.17) is 9.47 Å². The van der Waals surface area contributed by atoms with Crippen LogP contribution in [0.1, 0.15) is 59.8 Å². The summed E-state index contributed by atoms with van der Waals surface area (Å²) in [6.45, 7) is 8.97. The van der Waals surface area contributed by atoms with E-state index in [9.17, 15) is 20.4 Å². The van der Waals surface area contributed by atoms with Gasteiger partial charge in [-0.15, -0.1) is 0 Å². The molecule has 4 N–H and O–H groups in total. The monoisotopic (exact) mass is 432 g/mol. The topological polar surface area (TPSA) is 99.4 Å². The van der Waals surface area contributed by atoms with Crippen LogP contribution in [0.25, 0.3) is 0 Å². The fourth-order valence-electron chi connectivity index (χ4n) is 8.38. The largest absolute Gasteiger partial charge is 0.387 e. The normalized spacial score (nSPS) is 57.5. The van der Waals surface area contributed by atoms with Crippen LogP contribution in [0.5, 0.6) is 0 Å². The van der Waals surface area contributed by atoms with Crippen molar-refractivity contribution in [3.8, 4) is 0 Å². The van der Waals surface area contributed by atoms with Gasteiger partial charge < -0.3 is 29.9 Å². The quantitative estimate of drug-likeness (QED) is 0.474. The number of aliphatic hydroxyl groups is 4. The molecule has 10 atom stereocenters. The number of ether oxygens (including phenoxy) is 2. The van der Waals surface area contributed by atoms with Crippen molar-refractivity contribution >= 4 is 0 Å². The Bertz CT molecular complexity index is 894. The van der Waals surface area contributed by atoms with Gasteiger partial charge in [-0.2, -0.15) is 0 Å². The van der Waals surface area contributed by atoms with Crippen LogP contribution in [0, 0.1) is 28.6 Å². The predicted octanol–water partition coefficient (Wildman–Crippen LogP) is 2.05. The van der Waals surface area contributed by atoms with Gasteiger partial charge in [-0.1, -0.05) is 44.9 Å². The molecule has 4 aliphatic carbocycles. The highest BCUT2D eigenvalue weighted by Crippen LogP contribution is 2.68. The van der Waals surface area contributed by atoms with Crippen molar-refractivity contribution in [1.82, 2.24) is 0 Å². The molecule has 4 fully saturated rings. The summed E-state index contributed by atoms with van der Waals surface area (Å²) < 4.78 is 12.2. The van der Waals surface area contributed by atoms with Crippen LogP contribution < -0.4 is 0 Å². The molecule has 2 aliphatic heterocycles. The Morgan fingerprint density at radius 2 is 1.84 bits per heavy atom. The van der Waals surface area contributed by atoms with Crippen LogP contribution in [0.3, 0.4) is 0 Å². The van der Waals surface area contributed by atoms with E-state index in [1.165, 1.54) is 6.42 Å². The van der Waals surface area contributed by atoms with Gasteiger partial charge in [0, 0.05) is 11.3 Å². The lowest BCUT2D eigenvalue weighted by Crippen LogP contribution is -2.77. The lowest BCUT2D eigenvalue weighted by Gasteiger charge is -2.56. The third kappa shape index (κ3) is 2.20. The van der Waals surface area contributed by atoms with E-state index in [1.54, 1.807) is 11.1 Å². The number of rotatable bonds is 1. The van der Waals surface area contributed by atoms with Crippen molar-refractivity contribution in [3.05, 3.63) is 22.8 Å². The molecule has 6 nitrogen and oxygen atoms in total. The summed E-state index contributed by atoms with van der Waals surface area (Å²) in [6, 6.07) is 0. The summed E-state index contributed by atoms with van der Waals surface area (Å²) in [5, 5.41) is 45.1. The van der Waals surface area contributed by atoms with E-state index in [0.29, 0.717) is 11.5 Å². The summed E-state index contributed by atoms with van der Waals surface area (Å²) >= 11 is 0. The first kappa shape index (κ1) is 20.8. The molecule has 172 valence electrons. The first-order valence-electron chi connectivity index (χ1n) is 12.0.